The van der Waals surface area contributed by atoms with Crippen LogP contribution in [0.3, 0.4) is 0 Å². The molecule has 4 nitrogen and oxygen atoms in total. The van der Waals surface area contributed by atoms with Gasteiger partial charge in [0.1, 0.15) is 0 Å². The van der Waals surface area contributed by atoms with Gasteiger partial charge in [0.2, 0.25) is 5.95 Å². The molecule has 1 unspecified atom stereocenters. The number of para-hydroxylation sites is 2. The van der Waals surface area contributed by atoms with Crippen molar-refractivity contribution >= 4 is 29.4 Å². The van der Waals surface area contributed by atoms with Crippen LogP contribution in [-0.4, -0.2) is 28.7 Å². The number of aryl methyl sites for hydroxylation is 1. The highest BCUT2D eigenvalue weighted by atomic mass is 35.5. The van der Waals surface area contributed by atoms with E-state index in [-0.39, 0.29) is 18.4 Å². The molecule has 2 N–H and O–H groups in total. The van der Waals surface area contributed by atoms with Crippen LogP contribution in [0.5, 0.6) is 0 Å². The van der Waals surface area contributed by atoms with Crippen molar-refractivity contribution in [2.75, 3.05) is 18.0 Å². The molecule has 2 heterocycles. The number of rotatable bonds is 1. The Morgan fingerprint density at radius 2 is 2.11 bits per heavy atom. The van der Waals surface area contributed by atoms with E-state index in [1.54, 1.807) is 0 Å². The number of halogens is 1. The van der Waals surface area contributed by atoms with Gasteiger partial charge < -0.3 is 15.2 Å². The van der Waals surface area contributed by atoms with E-state index in [1.807, 2.05) is 6.07 Å². The number of nitrogens with zero attached hydrogens (tertiary/aromatic N) is 3. The molecule has 2 aromatic rings. The molecule has 1 aliphatic heterocycles. The Kier molecular flexibility index (Phi) is 3.78. The Balaban J connectivity index is 0.00000120. The summed E-state index contributed by atoms with van der Waals surface area (Å²) in [4.78, 5) is 7.00. The Hall–Kier alpha value is -1.26. The van der Waals surface area contributed by atoms with Crippen LogP contribution < -0.4 is 10.6 Å². The van der Waals surface area contributed by atoms with Crippen molar-refractivity contribution in [1.29, 1.82) is 0 Å². The Morgan fingerprint density at radius 1 is 1.33 bits per heavy atom. The smallest absolute Gasteiger partial charge is 0.206 e. The molecule has 0 saturated carbocycles. The van der Waals surface area contributed by atoms with Crippen LogP contribution in [0.25, 0.3) is 11.0 Å². The number of nitrogens with two attached hydrogens (primary N) is 1. The molecule has 0 amide bonds. The fourth-order valence-electron chi connectivity index (χ4n) is 2.61. The van der Waals surface area contributed by atoms with Crippen LogP contribution in [0.2, 0.25) is 0 Å². The molecule has 98 valence electrons. The molecule has 1 fully saturated rings. The number of hydrogen-bond acceptors (Lipinski definition) is 3. The second kappa shape index (κ2) is 5.16. The molecule has 5 heteroatoms. The van der Waals surface area contributed by atoms with Crippen LogP contribution >= 0.6 is 12.4 Å². The van der Waals surface area contributed by atoms with Crippen molar-refractivity contribution in [3.8, 4) is 0 Å². The van der Waals surface area contributed by atoms with Gasteiger partial charge in [0, 0.05) is 26.2 Å². The molecule has 1 aliphatic rings. The van der Waals surface area contributed by atoms with Crippen molar-refractivity contribution in [2.45, 2.75) is 18.9 Å². The number of fused-ring (bicyclic) bond motifs is 1. The number of benzene rings is 1. The van der Waals surface area contributed by atoms with E-state index in [1.165, 1.54) is 5.52 Å². The first-order valence-corrected chi connectivity index (χ1v) is 6.17. The van der Waals surface area contributed by atoms with Crippen LogP contribution in [-0.2, 0) is 7.05 Å². The Labute approximate surface area is 113 Å². The summed E-state index contributed by atoms with van der Waals surface area (Å²) in [5, 5.41) is 0. The summed E-state index contributed by atoms with van der Waals surface area (Å²) in [6.07, 6.45) is 2.28. The van der Waals surface area contributed by atoms with E-state index in [0.29, 0.717) is 0 Å². The maximum atomic E-state index is 6.03. The third-order valence-electron chi connectivity index (χ3n) is 3.50. The summed E-state index contributed by atoms with van der Waals surface area (Å²) < 4.78 is 2.16. The van der Waals surface area contributed by atoms with Crippen molar-refractivity contribution in [2.24, 2.45) is 12.8 Å². The first-order chi connectivity index (χ1) is 8.25. The van der Waals surface area contributed by atoms with Crippen molar-refractivity contribution in [3.63, 3.8) is 0 Å². The number of imidazole rings is 1. The lowest BCUT2D eigenvalue weighted by Gasteiger charge is -2.31. The lowest BCUT2D eigenvalue weighted by atomic mass is 10.1. The van der Waals surface area contributed by atoms with Gasteiger partial charge in [-0.15, -0.1) is 12.4 Å². The zero-order valence-electron chi connectivity index (χ0n) is 10.5. The standard InChI is InChI=1S/C13H18N4.ClH/c1-16-12-7-3-2-6-11(12)15-13(16)17-8-4-5-10(14)9-17;/h2-3,6-7,10H,4-5,8-9,14H2,1H3;1H. The number of piperidine rings is 1. The van der Waals surface area contributed by atoms with Gasteiger partial charge in [-0.25, -0.2) is 4.98 Å². The van der Waals surface area contributed by atoms with Gasteiger partial charge >= 0.3 is 0 Å². The van der Waals surface area contributed by atoms with Crippen LogP contribution in [0.1, 0.15) is 12.8 Å². The van der Waals surface area contributed by atoms with E-state index >= 15 is 0 Å². The fraction of sp³-hybridized carbons (Fsp3) is 0.462. The minimum atomic E-state index is 0. The molecule has 0 aliphatic carbocycles. The maximum Gasteiger partial charge on any atom is 0.206 e. The summed E-state index contributed by atoms with van der Waals surface area (Å²) in [5.74, 6) is 1.04. The molecule has 1 atom stereocenters. The van der Waals surface area contributed by atoms with Gasteiger partial charge in [0.05, 0.1) is 11.0 Å². The summed E-state index contributed by atoms with van der Waals surface area (Å²) in [5.41, 5.74) is 8.27. The summed E-state index contributed by atoms with van der Waals surface area (Å²) in [6, 6.07) is 8.53. The van der Waals surface area contributed by atoms with Gasteiger partial charge in [-0.05, 0) is 25.0 Å². The fourth-order valence-corrected chi connectivity index (χ4v) is 2.61. The zero-order chi connectivity index (χ0) is 11.8. The van der Waals surface area contributed by atoms with E-state index in [9.17, 15) is 0 Å². The van der Waals surface area contributed by atoms with Crippen LogP contribution in [0.4, 0.5) is 5.95 Å². The van der Waals surface area contributed by atoms with Crippen molar-refractivity contribution in [3.05, 3.63) is 24.3 Å². The molecule has 1 aromatic heterocycles. The normalized spacial score (nSPS) is 19.9. The lowest BCUT2D eigenvalue weighted by molar-refractivity contribution is 0.497. The molecule has 0 radical (unpaired) electrons. The zero-order valence-corrected chi connectivity index (χ0v) is 11.4. The highest BCUT2D eigenvalue weighted by Gasteiger charge is 2.20. The van der Waals surface area contributed by atoms with Crippen LogP contribution in [0.15, 0.2) is 24.3 Å². The quantitative estimate of drug-likeness (QED) is 0.858. The van der Waals surface area contributed by atoms with Gasteiger partial charge in [-0.3, -0.25) is 0 Å². The minimum Gasteiger partial charge on any atom is -0.341 e. The predicted octanol–water partition coefficient (Wildman–Crippen LogP) is 1.92. The van der Waals surface area contributed by atoms with E-state index < -0.39 is 0 Å². The Bertz CT molecular complexity index is 537. The predicted molar refractivity (Wildman–Crippen MR) is 77.4 cm³/mol. The molecule has 3 rings (SSSR count). The number of aromatic nitrogens is 2. The van der Waals surface area contributed by atoms with E-state index in [0.717, 1.165) is 37.4 Å². The monoisotopic (exact) mass is 266 g/mol. The third kappa shape index (κ3) is 2.18. The highest BCUT2D eigenvalue weighted by Crippen LogP contribution is 2.23. The lowest BCUT2D eigenvalue weighted by Crippen LogP contribution is -2.43. The van der Waals surface area contributed by atoms with Gasteiger partial charge in [0.25, 0.3) is 0 Å². The molecular formula is C13H19ClN4. The van der Waals surface area contributed by atoms with E-state index in [4.69, 9.17) is 10.7 Å². The first kappa shape index (κ1) is 13.2. The highest BCUT2D eigenvalue weighted by molar-refractivity contribution is 5.85. The average Bonchev–Trinajstić information content (AvgIpc) is 2.68. The largest absolute Gasteiger partial charge is 0.341 e. The average molecular weight is 267 g/mol. The minimum absolute atomic E-state index is 0. The molecule has 18 heavy (non-hydrogen) atoms. The van der Waals surface area contributed by atoms with Gasteiger partial charge in [-0.1, -0.05) is 12.1 Å². The van der Waals surface area contributed by atoms with E-state index in [2.05, 4.69) is 34.7 Å². The number of anilines is 1. The molecule has 1 aromatic carbocycles. The first-order valence-electron chi connectivity index (χ1n) is 6.17. The SMILES string of the molecule is Cl.Cn1c(N2CCCC(N)C2)nc2ccccc21. The van der Waals surface area contributed by atoms with Gasteiger partial charge in [-0.2, -0.15) is 0 Å². The number of hydrogen-bond donors (Lipinski definition) is 1. The second-order valence-electron chi connectivity index (χ2n) is 4.81. The topological polar surface area (TPSA) is 47.1 Å². The maximum absolute atomic E-state index is 6.03. The molecule has 1 saturated heterocycles. The molecular weight excluding hydrogens is 248 g/mol. The van der Waals surface area contributed by atoms with Crippen LogP contribution in [0, 0.1) is 0 Å². The summed E-state index contributed by atoms with van der Waals surface area (Å²) in [7, 11) is 2.07. The molecule has 0 bridgehead atoms. The van der Waals surface area contributed by atoms with Crippen molar-refractivity contribution < 1.29 is 0 Å². The van der Waals surface area contributed by atoms with Crippen molar-refractivity contribution in [1.82, 2.24) is 9.55 Å². The van der Waals surface area contributed by atoms with Gasteiger partial charge in [0.15, 0.2) is 0 Å². The third-order valence-corrected chi connectivity index (χ3v) is 3.50. The summed E-state index contributed by atoms with van der Waals surface area (Å²) >= 11 is 0. The summed E-state index contributed by atoms with van der Waals surface area (Å²) in [6.45, 7) is 1.97. The second-order valence-corrected chi connectivity index (χ2v) is 4.81. The molecule has 0 spiro atoms. The Morgan fingerprint density at radius 3 is 2.83 bits per heavy atom.